The molecular weight excluding hydrogens is 442 g/mol. The number of carbonyl (C=O) groups is 2. The van der Waals surface area contributed by atoms with Gasteiger partial charge in [0.25, 0.3) is 0 Å². The second kappa shape index (κ2) is 11.5. The maximum Gasteiger partial charge on any atom is 0.249 e. The van der Waals surface area contributed by atoms with Crippen LogP contribution in [0.15, 0.2) is 60.1 Å². The summed E-state index contributed by atoms with van der Waals surface area (Å²) < 4.78 is 1.96. The molecule has 1 aliphatic rings. The van der Waals surface area contributed by atoms with E-state index in [4.69, 9.17) is 0 Å². The lowest BCUT2D eigenvalue weighted by molar-refractivity contribution is -0.141. The summed E-state index contributed by atoms with van der Waals surface area (Å²) >= 11 is 1.58. The van der Waals surface area contributed by atoms with E-state index in [9.17, 15) is 9.59 Å². The Labute approximate surface area is 206 Å². The lowest BCUT2D eigenvalue weighted by Crippen LogP contribution is -2.48. The Morgan fingerprint density at radius 1 is 1.09 bits per heavy atom. The summed E-state index contributed by atoms with van der Waals surface area (Å²) in [5.41, 5.74) is 3.25. The summed E-state index contributed by atoms with van der Waals surface area (Å²) in [5.74, 6) is -0.0842. The fraction of sp³-hybridized carbons (Fsp3) is 0.429. The van der Waals surface area contributed by atoms with Gasteiger partial charge in [0.2, 0.25) is 11.8 Å². The van der Waals surface area contributed by atoms with Crippen LogP contribution in [0.4, 0.5) is 0 Å². The van der Waals surface area contributed by atoms with Gasteiger partial charge in [0.1, 0.15) is 0 Å². The summed E-state index contributed by atoms with van der Waals surface area (Å²) in [6.07, 6.45) is 8.51. The third-order valence-corrected chi connectivity index (χ3v) is 7.76. The summed E-state index contributed by atoms with van der Waals surface area (Å²) in [6, 6.07) is 15.7. The molecule has 2 amide bonds. The molecule has 4 rings (SSSR count). The summed E-state index contributed by atoms with van der Waals surface area (Å²) in [4.78, 5) is 30.3. The van der Waals surface area contributed by atoms with E-state index in [1.54, 1.807) is 16.2 Å². The van der Waals surface area contributed by atoms with Crippen LogP contribution in [-0.4, -0.2) is 33.9 Å². The average molecular weight is 478 g/mol. The molecular formula is C28H35N3O2S. The molecule has 34 heavy (non-hydrogen) atoms. The highest BCUT2D eigenvalue weighted by molar-refractivity contribution is 7.10. The molecule has 1 aliphatic carbocycles. The number of rotatable bonds is 9. The molecule has 6 heteroatoms. The zero-order valence-electron chi connectivity index (χ0n) is 20.2. The van der Waals surface area contributed by atoms with Gasteiger partial charge in [-0.15, -0.1) is 11.3 Å². The van der Waals surface area contributed by atoms with Crippen LogP contribution in [-0.2, 0) is 29.5 Å². The first kappa shape index (κ1) is 24.3. The maximum absolute atomic E-state index is 13.8. The van der Waals surface area contributed by atoms with Crippen LogP contribution in [0, 0.1) is 6.92 Å². The Morgan fingerprint density at radius 2 is 1.88 bits per heavy atom. The normalized spacial score (nSPS) is 15.1. The van der Waals surface area contributed by atoms with Crippen molar-refractivity contribution in [2.24, 2.45) is 7.05 Å². The van der Waals surface area contributed by atoms with Crippen molar-refractivity contribution in [3.05, 3.63) is 81.8 Å². The van der Waals surface area contributed by atoms with E-state index in [-0.39, 0.29) is 17.9 Å². The van der Waals surface area contributed by atoms with Crippen molar-refractivity contribution in [1.82, 2.24) is 14.8 Å². The van der Waals surface area contributed by atoms with E-state index in [0.29, 0.717) is 19.4 Å². The number of benzene rings is 1. The van der Waals surface area contributed by atoms with Gasteiger partial charge >= 0.3 is 0 Å². The second-order valence-corrected chi connectivity index (χ2v) is 10.3. The van der Waals surface area contributed by atoms with E-state index in [1.807, 2.05) is 59.6 Å². The summed E-state index contributed by atoms with van der Waals surface area (Å²) in [6.45, 7) is 2.58. The Kier molecular flexibility index (Phi) is 8.22. The molecule has 0 spiro atoms. The van der Waals surface area contributed by atoms with Gasteiger partial charge in [-0.05, 0) is 60.9 Å². The molecule has 0 unspecified atom stereocenters. The Morgan fingerprint density at radius 3 is 2.56 bits per heavy atom. The van der Waals surface area contributed by atoms with Crippen LogP contribution < -0.4 is 5.32 Å². The molecule has 1 aromatic carbocycles. The van der Waals surface area contributed by atoms with Gasteiger partial charge in [0.15, 0.2) is 6.04 Å². The zero-order valence-corrected chi connectivity index (χ0v) is 21.0. The standard InChI is InChI=1S/C28H35N3O2S/c1-21-10-6-7-11-22(21)16-18-31(26(32)20-24-14-9-19-34-24)27(25-15-8-17-30(25)2)28(33)29-23-12-4-3-5-13-23/h6-11,14-15,17,19,23,27H,3-5,12-13,16,18,20H2,1-2H3,(H,29,33)/t27-/m0/s1. The predicted molar refractivity (Wildman–Crippen MR) is 138 cm³/mol. The lowest BCUT2D eigenvalue weighted by atomic mass is 9.95. The highest BCUT2D eigenvalue weighted by atomic mass is 32.1. The van der Waals surface area contributed by atoms with Crippen molar-refractivity contribution in [1.29, 1.82) is 0 Å². The highest BCUT2D eigenvalue weighted by Gasteiger charge is 2.34. The van der Waals surface area contributed by atoms with Gasteiger partial charge in [0, 0.05) is 36.4 Å². The first-order valence-corrected chi connectivity index (χ1v) is 13.2. The molecule has 2 aromatic heterocycles. The van der Waals surface area contributed by atoms with Crippen LogP contribution in [0.3, 0.4) is 0 Å². The number of thiophene rings is 1. The molecule has 2 heterocycles. The van der Waals surface area contributed by atoms with E-state index in [0.717, 1.165) is 36.3 Å². The molecule has 180 valence electrons. The van der Waals surface area contributed by atoms with Crippen molar-refractivity contribution in [3.63, 3.8) is 0 Å². The number of carbonyl (C=O) groups excluding carboxylic acids is 2. The van der Waals surface area contributed by atoms with E-state index < -0.39 is 6.04 Å². The number of nitrogens with zero attached hydrogens (tertiary/aromatic N) is 2. The predicted octanol–water partition coefficient (Wildman–Crippen LogP) is 5.20. The van der Waals surface area contributed by atoms with Crippen LogP contribution in [0.25, 0.3) is 0 Å². The number of amides is 2. The van der Waals surface area contributed by atoms with E-state index in [1.165, 1.54) is 17.5 Å². The number of nitrogens with one attached hydrogen (secondary N) is 1. The van der Waals surface area contributed by atoms with Gasteiger partial charge in [-0.3, -0.25) is 9.59 Å². The number of aromatic nitrogens is 1. The Hall–Kier alpha value is -2.86. The monoisotopic (exact) mass is 477 g/mol. The molecule has 1 fully saturated rings. The SMILES string of the molecule is Cc1ccccc1CCN(C(=O)Cc1cccs1)[C@H](C(=O)NC1CCCCC1)c1cccn1C. The molecule has 3 aromatic rings. The highest BCUT2D eigenvalue weighted by Crippen LogP contribution is 2.26. The van der Waals surface area contributed by atoms with Crippen LogP contribution in [0.1, 0.15) is 59.8 Å². The average Bonchev–Trinajstić information content (AvgIpc) is 3.50. The van der Waals surface area contributed by atoms with Gasteiger partial charge in [0.05, 0.1) is 6.42 Å². The maximum atomic E-state index is 13.8. The van der Waals surface area contributed by atoms with Crippen LogP contribution >= 0.6 is 11.3 Å². The van der Waals surface area contributed by atoms with Crippen LogP contribution in [0.2, 0.25) is 0 Å². The number of hydrogen-bond donors (Lipinski definition) is 1. The third kappa shape index (κ3) is 5.98. The minimum Gasteiger partial charge on any atom is -0.352 e. The van der Waals surface area contributed by atoms with E-state index >= 15 is 0 Å². The minimum absolute atomic E-state index is 0.0129. The van der Waals surface area contributed by atoms with Crippen molar-refractivity contribution in [2.45, 2.75) is 64.0 Å². The quantitative estimate of drug-likeness (QED) is 0.461. The van der Waals surface area contributed by atoms with Gasteiger partial charge in [-0.2, -0.15) is 0 Å². The second-order valence-electron chi connectivity index (χ2n) is 9.31. The zero-order chi connectivity index (χ0) is 23.9. The van der Waals surface area contributed by atoms with Crippen molar-refractivity contribution < 1.29 is 9.59 Å². The summed E-state index contributed by atoms with van der Waals surface area (Å²) in [5, 5.41) is 5.29. The number of aryl methyl sites for hydroxylation is 2. The molecule has 0 saturated heterocycles. The van der Waals surface area contributed by atoms with E-state index in [2.05, 4.69) is 24.4 Å². The molecule has 0 bridgehead atoms. The smallest absolute Gasteiger partial charge is 0.249 e. The largest absolute Gasteiger partial charge is 0.352 e. The topological polar surface area (TPSA) is 54.3 Å². The van der Waals surface area contributed by atoms with Crippen molar-refractivity contribution in [3.8, 4) is 0 Å². The number of hydrogen-bond acceptors (Lipinski definition) is 3. The Balaban J connectivity index is 1.63. The first-order valence-electron chi connectivity index (χ1n) is 12.3. The lowest BCUT2D eigenvalue weighted by Gasteiger charge is -2.33. The molecule has 5 nitrogen and oxygen atoms in total. The minimum atomic E-state index is -0.654. The van der Waals surface area contributed by atoms with Gasteiger partial charge in [-0.1, -0.05) is 49.6 Å². The van der Waals surface area contributed by atoms with Crippen LogP contribution in [0.5, 0.6) is 0 Å². The molecule has 1 atom stereocenters. The van der Waals surface area contributed by atoms with Gasteiger partial charge < -0.3 is 14.8 Å². The van der Waals surface area contributed by atoms with Crippen molar-refractivity contribution in [2.75, 3.05) is 6.54 Å². The molecule has 1 saturated carbocycles. The molecule has 0 radical (unpaired) electrons. The van der Waals surface area contributed by atoms with Crippen molar-refractivity contribution >= 4 is 23.2 Å². The summed E-state index contributed by atoms with van der Waals surface area (Å²) in [7, 11) is 1.94. The molecule has 0 aliphatic heterocycles. The first-order chi connectivity index (χ1) is 16.5. The third-order valence-electron chi connectivity index (χ3n) is 6.88. The van der Waals surface area contributed by atoms with Gasteiger partial charge in [-0.25, -0.2) is 0 Å². The fourth-order valence-electron chi connectivity index (χ4n) is 4.91. The molecule has 1 N–H and O–H groups in total. The Bertz CT molecular complexity index is 1080. The fourth-order valence-corrected chi connectivity index (χ4v) is 5.61.